The summed E-state index contributed by atoms with van der Waals surface area (Å²) < 4.78 is 5.48. The number of aliphatic hydroxyl groups is 1. The van der Waals surface area contributed by atoms with E-state index in [1.807, 2.05) is 78.9 Å². The third kappa shape index (κ3) is 2.75. The lowest BCUT2D eigenvalue weighted by molar-refractivity contribution is -0.120. The maximum Gasteiger partial charge on any atom is 0.254 e. The fourth-order valence-electron chi connectivity index (χ4n) is 4.15. The minimum atomic E-state index is -1.13. The van der Waals surface area contributed by atoms with Crippen LogP contribution >= 0.6 is 0 Å². The van der Waals surface area contributed by atoms with Crippen LogP contribution in [0.4, 0.5) is 5.69 Å². The molecule has 0 bridgehead atoms. The molecule has 0 saturated carbocycles. The first kappa shape index (κ1) is 17.7. The molecule has 3 N–H and O–H groups in total. The van der Waals surface area contributed by atoms with Crippen molar-refractivity contribution < 1.29 is 14.3 Å². The standard InChI is InChI=1S/C24H20N2O3/c27-15-21(16-6-2-1-3-7-16)26-24(18-10-11-22-17(14-18)12-13-29-22)19-8-4-5-9-20(19)25-23(24)28/h1-14,21,26-27H,15H2,(H,25,28). The summed E-state index contributed by atoms with van der Waals surface area (Å²) in [6, 6.07) is 24.5. The van der Waals surface area contributed by atoms with Crippen LogP contribution in [-0.2, 0) is 10.3 Å². The number of aliphatic hydroxyl groups excluding tert-OH is 1. The monoisotopic (exact) mass is 384 g/mol. The molecule has 144 valence electrons. The number of anilines is 1. The van der Waals surface area contributed by atoms with Crippen molar-refractivity contribution in [1.29, 1.82) is 0 Å². The van der Waals surface area contributed by atoms with Crippen LogP contribution in [-0.4, -0.2) is 17.6 Å². The quantitative estimate of drug-likeness (QED) is 0.487. The van der Waals surface area contributed by atoms with Gasteiger partial charge in [0.25, 0.3) is 5.91 Å². The maximum absolute atomic E-state index is 13.4. The molecule has 1 amide bonds. The van der Waals surface area contributed by atoms with Gasteiger partial charge in [0, 0.05) is 16.6 Å². The molecule has 5 nitrogen and oxygen atoms in total. The average Bonchev–Trinajstić information content (AvgIpc) is 3.34. The predicted molar refractivity (Wildman–Crippen MR) is 111 cm³/mol. The number of amides is 1. The Morgan fingerprint density at radius 1 is 1.00 bits per heavy atom. The molecule has 0 aliphatic carbocycles. The van der Waals surface area contributed by atoms with Crippen LogP contribution in [0.5, 0.6) is 0 Å². The van der Waals surface area contributed by atoms with Gasteiger partial charge in [-0.25, -0.2) is 0 Å². The van der Waals surface area contributed by atoms with Gasteiger partial charge in [0.1, 0.15) is 5.58 Å². The molecule has 5 heteroatoms. The summed E-state index contributed by atoms with van der Waals surface area (Å²) in [6.07, 6.45) is 1.64. The molecule has 3 aromatic carbocycles. The fraction of sp³-hybridized carbons (Fsp3) is 0.125. The lowest BCUT2D eigenvalue weighted by atomic mass is 9.82. The first-order valence-electron chi connectivity index (χ1n) is 9.54. The minimum absolute atomic E-state index is 0.144. The largest absolute Gasteiger partial charge is 0.464 e. The number of benzene rings is 3. The number of carbonyl (C=O) groups is 1. The summed E-state index contributed by atoms with van der Waals surface area (Å²) in [5.74, 6) is -0.170. The number of furan rings is 1. The van der Waals surface area contributed by atoms with Crippen molar-refractivity contribution in [2.75, 3.05) is 11.9 Å². The number of rotatable bonds is 5. The first-order chi connectivity index (χ1) is 14.2. The Bertz CT molecular complexity index is 1180. The molecule has 1 aliphatic rings. The molecule has 0 radical (unpaired) electrons. The highest BCUT2D eigenvalue weighted by molar-refractivity contribution is 6.08. The Kier molecular flexibility index (Phi) is 4.19. The summed E-state index contributed by atoms with van der Waals surface area (Å²) in [5.41, 5.74) is 2.94. The summed E-state index contributed by atoms with van der Waals surface area (Å²) in [5, 5.41) is 17.6. The normalized spacial score (nSPS) is 19.1. The van der Waals surface area contributed by atoms with E-state index in [4.69, 9.17) is 4.42 Å². The molecular weight excluding hydrogens is 364 g/mol. The van der Waals surface area contributed by atoms with Crippen LogP contribution in [0.3, 0.4) is 0 Å². The second kappa shape index (κ2) is 6.88. The Morgan fingerprint density at radius 2 is 1.79 bits per heavy atom. The number of fused-ring (bicyclic) bond motifs is 2. The maximum atomic E-state index is 13.4. The van der Waals surface area contributed by atoms with Crippen LogP contribution in [0.2, 0.25) is 0 Å². The molecule has 4 aromatic rings. The second-order valence-electron chi connectivity index (χ2n) is 7.21. The smallest absolute Gasteiger partial charge is 0.254 e. The van der Waals surface area contributed by atoms with Crippen molar-refractivity contribution in [2.24, 2.45) is 0 Å². The third-order valence-corrected chi connectivity index (χ3v) is 5.58. The average molecular weight is 384 g/mol. The van der Waals surface area contributed by atoms with E-state index in [0.717, 1.165) is 33.3 Å². The van der Waals surface area contributed by atoms with E-state index in [2.05, 4.69) is 10.6 Å². The number of hydrogen-bond donors (Lipinski definition) is 3. The zero-order valence-electron chi connectivity index (χ0n) is 15.6. The van der Waals surface area contributed by atoms with E-state index in [0.29, 0.717) is 0 Å². The van der Waals surface area contributed by atoms with Crippen LogP contribution in [0.1, 0.15) is 22.7 Å². The summed E-state index contributed by atoms with van der Waals surface area (Å²) in [4.78, 5) is 13.4. The zero-order chi connectivity index (χ0) is 19.8. The van der Waals surface area contributed by atoms with Crippen LogP contribution in [0, 0.1) is 0 Å². The lowest BCUT2D eigenvalue weighted by Crippen LogP contribution is -2.51. The van der Waals surface area contributed by atoms with Gasteiger partial charge in [-0.1, -0.05) is 54.6 Å². The van der Waals surface area contributed by atoms with Crippen molar-refractivity contribution in [3.63, 3.8) is 0 Å². The molecule has 0 fully saturated rings. The molecule has 29 heavy (non-hydrogen) atoms. The van der Waals surface area contributed by atoms with E-state index >= 15 is 0 Å². The van der Waals surface area contributed by atoms with Gasteiger partial charge in [-0.15, -0.1) is 0 Å². The molecular formula is C24H20N2O3. The van der Waals surface area contributed by atoms with Crippen molar-refractivity contribution >= 4 is 22.6 Å². The van der Waals surface area contributed by atoms with E-state index < -0.39 is 11.6 Å². The van der Waals surface area contributed by atoms with Crippen molar-refractivity contribution in [3.8, 4) is 0 Å². The van der Waals surface area contributed by atoms with E-state index in [1.165, 1.54) is 0 Å². The van der Waals surface area contributed by atoms with Crippen LogP contribution < -0.4 is 10.6 Å². The van der Waals surface area contributed by atoms with Gasteiger partial charge in [-0.05, 0) is 35.4 Å². The summed E-state index contributed by atoms with van der Waals surface area (Å²) in [7, 11) is 0. The number of carbonyl (C=O) groups excluding carboxylic acids is 1. The highest BCUT2D eigenvalue weighted by Crippen LogP contribution is 2.43. The van der Waals surface area contributed by atoms with Gasteiger partial charge < -0.3 is 14.8 Å². The molecule has 1 aromatic heterocycles. The van der Waals surface area contributed by atoms with E-state index in [-0.39, 0.29) is 12.5 Å². The molecule has 0 spiro atoms. The van der Waals surface area contributed by atoms with E-state index in [9.17, 15) is 9.90 Å². The van der Waals surface area contributed by atoms with Crippen molar-refractivity contribution in [2.45, 2.75) is 11.6 Å². The fourth-order valence-corrected chi connectivity index (χ4v) is 4.15. The van der Waals surface area contributed by atoms with Crippen LogP contribution in [0.15, 0.2) is 89.5 Å². The molecule has 1 aliphatic heterocycles. The SMILES string of the molecule is O=C1Nc2ccccc2C1(NC(CO)c1ccccc1)c1ccc2occc2c1. The number of hydrogen-bond acceptors (Lipinski definition) is 4. The molecule has 2 unspecified atom stereocenters. The van der Waals surface area contributed by atoms with Gasteiger partial charge in [0.15, 0.2) is 5.54 Å². The lowest BCUT2D eigenvalue weighted by Gasteiger charge is -2.34. The Balaban J connectivity index is 1.71. The van der Waals surface area contributed by atoms with Gasteiger partial charge in [0.2, 0.25) is 0 Å². The highest BCUT2D eigenvalue weighted by atomic mass is 16.3. The first-order valence-corrected chi connectivity index (χ1v) is 9.54. The molecule has 0 saturated heterocycles. The predicted octanol–water partition coefficient (Wildman–Crippen LogP) is 3.95. The highest BCUT2D eigenvalue weighted by Gasteiger charge is 2.49. The molecule has 2 atom stereocenters. The second-order valence-corrected chi connectivity index (χ2v) is 7.21. The topological polar surface area (TPSA) is 74.5 Å². The number of nitrogens with one attached hydrogen (secondary N) is 2. The third-order valence-electron chi connectivity index (χ3n) is 5.58. The Morgan fingerprint density at radius 3 is 2.62 bits per heavy atom. The van der Waals surface area contributed by atoms with Crippen LogP contribution in [0.25, 0.3) is 11.0 Å². The van der Waals surface area contributed by atoms with Gasteiger partial charge >= 0.3 is 0 Å². The van der Waals surface area contributed by atoms with Crippen molar-refractivity contribution in [1.82, 2.24) is 5.32 Å². The molecule has 2 heterocycles. The molecule has 5 rings (SSSR count). The van der Waals surface area contributed by atoms with Gasteiger partial charge in [-0.2, -0.15) is 0 Å². The zero-order valence-corrected chi connectivity index (χ0v) is 15.6. The Labute approximate surface area is 168 Å². The van der Waals surface area contributed by atoms with Crippen molar-refractivity contribution in [3.05, 3.63) is 102 Å². The minimum Gasteiger partial charge on any atom is -0.464 e. The number of para-hydroxylation sites is 1. The summed E-state index contributed by atoms with van der Waals surface area (Å²) >= 11 is 0. The van der Waals surface area contributed by atoms with Gasteiger partial charge in [0.05, 0.1) is 18.9 Å². The summed E-state index contributed by atoms with van der Waals surface area (Å²) in [6.45, 7) is -0.144. The van der Waals surface area contributed by atoms with Gasteiger partial charge in [-0.3, -0.25) is 10.1 Å². The van der Waals surface area contributed by atoms with E-state index in [1.54, 1.807) is 6.26 Å². The Hall–Kier alpha value is -3.41.